The lowest BCUT2D eigenvalue weighted by Gasteiger charge is -1.72. The Labute approximate surface area is 55.3 Å². The molecule has 50 valence electrons. The Morgan fingerprint density at radius 3 is 2.12 bits per heavy atom. The second-order valence-corrected chi connectivity index (χ2v) is 2.30. The highest BCUT2D eigenvalue weighted by Crippen LogP contribution is 1.82. The normalized spacial score (nSPS) is 7.25. The molecule has 0 N–H and O–H groups in total. The minimum atomic E-state index is 0.869. The summed E-state index contributed by atoms with van der Waals surface area (Å²) in [6.07, 6.45) is 4.31. The summed E-state index contributed by atoms with van der Waals surface area (Å²) < 4.78 is 4.39. The van der Waals surface area contributed by atoms with Gasteiger partial charge < -0.3 is 4.43 Å². The Hall–Kier alpha value is -0.0831. The second kappa shape index (κ2) is 15.8. The van der Waals surface area contributed by atoms with Crippen molar-refractivity contribution in [3.8, 4) is 0 Å². The minimum Gasteiger partial charge on any atom is -0.431 e. The van der Waals surface area contributed by atoms with E-state index in [4.69, 9.17) is 0 Å². The molecule has 0 saturated heterocycles. The standard InChI is InChI=1S/C5H10.CH6OSi/c1-3-5-4-2;1-2-3/h3H,1,4-5H2,2H3;1,3H3. The maximum absolute atomic E-state index is 4.39. The van der Waals surface area contributed by atoms with Gasteiger partial charge in [0.25, 0.3) is 0 Å². The lowest BCUT2D eigenvalue weighted by molar-refractivity contribution is 0.460. The van der Waals surface area contributed by atoms with Gasteiger partial charge in [-0.2, -0.15) is 0 Å². The molecule has 0 amide bonds. The maximum atomic E-state index is 4.39. The van der Waals surface area contributed by atoms with Crippen LogP contribution in [0, 0.1) is 0 Å². The highest BCUT2D eigenvalue weighted by Gasteiger charge is 1.61. The molecular weight excluding hydrogens is 116 g/mol. The molecule has 0 aromatic rings. The van der Waals surface area contributed by atoms with Crippen LogP contribution >= 0.6 is 0 Å². The fraction of sp³-hybridized carbons (Fsp3) is 0.667. The molecule has 0 aromatic heterocycles. The number of hydrogen-bond acceptors (Lipinski definition) is 1. The van der Waals surface area contributed by atoms with Crippen molar-refractivity contribution in [3.05, 3.63) is 12.7 Å². The predicted molar refractivity (Wildman–Crippen MR) is 42.1 cm³/mol. The highest BCUT2D eigenvalue weighted by molar-refractivity contribution is 5.97. The van der Waals surface area contributed by atoms with Crippen LogP contribution in [0.2, 0.25) is 0 Å². The van der Waals surface area contributed by atoms with Crippen molar-refractivity contribution in [1.82, 2.24) is 0 Å². The van der Waals surface area contributed by atoms with E-state index in [9.17, 15) is 0 Å². The molecule has 0 aliphatic carbocycles. The van der Waals surface area contributed by atoms with Crippen LogP contribution in [-0.2, 0) is 4.43 Å². The SMILES string of the molecule is C=CCCC.CO[SiH3]. The quantitative estimate of drug-likeness (QED) is 0.400. The molecule has 0 aromatic carbocycles. The number of rotatable bonds is 2. The molecule has 0 heterocycles. The Kier molecular flexibility index (Phi) is 21.3. The summed E-state index contributed by atoms with van der Waals surface area (Å²) >= 11 is 0. The van der Waals surface area contributed by atoms with Crippen molar-refractivity contribution in [1.29, 1.82) is 0 Å². The lowest BCUT2D eigenvalue weighted by atomic mass is 10.3. The highest BCUT2D eigenvalue weighted by atomic mass is 28.2. The molecule has 2 heteroatoms. The van der Waals surface area contributed by atoms with E-state index in [2.05, 4.69) is 17.9 Å². The zero-order valence-corrected chi connectivity index (χ0v) is 8.11. The van der Waals surface area contributed by atoms with Crippen LogP contribution in [-0.4, -0.2) is 17.6 Å². The molecule has 0 bridgehead atoms. The molecule has 0 saturated carbocycles. The summed E-state index contributed by atoms with van der Waals surface area (Å²) in [5, 5.41) is 0. The Balaban J connectivity index is 0. The van der Waals surface area contributed by atoms with E-state index in [-0.39, 0.29) is 0 Å². The molecule has 0 unspecified atom stereocenters. The Bertz CT molecular complexity index is 37.5. The van der Waals surface area contributed by atoms with Gasteiger partial charge in [0.15, 0.2) is 0 Å². The molecule has 0 atom stereocenters. The van der Waals surface area contributed by atoms with Crippen molar-refractivity contribution in [2.45, 2.75) is 19.8 Å². The number of allylic oxidation sites excluding steroid dienone is 1. The fourth-order valence-electron chi connectivity index (χ4n) is 0.204. The fourth-order valence-corrected chi connectivity index (χ4v) is 0.204. The first-order chi connectivity index (χ1) is 3.83. The zero-order valence-electron chi connectivity index (χ0n) is 6.11. The second-order valence-electron chi connectivity index (χ2n) is 1.49. The number of unbranched alkanes of at least 4 members (excludes halogenated alkanes) is 1. The summed E-state index contributed by atoms with van der Waals surface area (Å²) in [5.74, 6) is 0. The van der Waals surface area contributed by atoms with E-state index >= 15 is 0 Å². The van der Waals surface area contributed by atoms with Crippen molar-refractivity contribution >= 4 is 10.5 Å². The van der Waals surface area contributed by atoms with E-state index in [1.807, 2.05) is 6.08 Å². The van der Waals surface area contributed by atoms with Gasteiger partial charge in [0.05, 0.1) is 0 Å². The van der Waals surface area contributed by atoms with Crippen molar-refractivity contribution in [2.75, 3.05) is 7.11 Å². The molecular formula is C6H16OSi. The van der Waals surface area contributed by atoms with Crippen LogP contribution in [0.15, 0.2) is 12.7 Å². The van der Waals surface area contributed by atoms with Crippen LogP contribution in [0.1, 0.15) is 19.8 Å². The summed E-state index contributed by atoms with van der Waals surface area (Å²) in [4.78, 5) is 0. The smallest absolute Gasteiger partial charge is 0.145 e. The van der Waals surface area contributed by atoms with Crippen LogP contribution in [0.4, 0.5) is 0 Å². The molecule has 0 rings (SSSR count). The topological polar surface area (TPSA) is 9.23 Å². The van der Waals surface area contributed by atoms with Crippen molar-refractivity contribution < 1.29 is 4.43 Å². The molecule has 0 aliphatic rings. The third-order valence-electron chi connectivity index (χ3n) is 0.493. The third-order valence-corrected chi connectivity index (χ3v) is 0.493. The minimum absolute atomic E-state index is 0.869. The van der Waals surface area contributed by atoms with Gasteiger partial charge in [-0.3, -0.25) is 0 Å². The van der Waals surface area contributed by atoms with Gasteiger partial charge in [-0.15, -0.1) is 6.58 Å². The zero-order chi connectivity index (χ0) is 6.83. The van der Waals surface area contributed by atoms with E-state index in [1.54, 1.807) is 7.11 Å². The van der Waals surface area contributed by atoms with Gasteiger partial charge in [-0.05, 0) is 6.42 Å². The largest absolute Gasteiger partial charge is 0.431 e. The van der Waals surface area contributed by atoms with Crippen LogP contribution in [0.25, 0.3) is 0 Å². The van der Waals surface area contributed by atoms with E-state index in [0.717, 1.165) is 16.9 Å². The van der Waals surface area contributed by atoms with Crippen LogP contribution in [0.5, 0.6) is 0 Å². The summed E-state index contributed by atoms with van der Waals surface area (Å²) in [6.45, 7) is 5.69. The molecule has 1 nitrogen and oxygen atoms in total. The van der Waals surface area contributed by atoms with Gasteiger partial charge in [0, 0.05) is 7.11 Å². The average Bonchev–Trinajstić information content (AvgIpc) is 1.71. The lowest BCUT2D eigenvalue weighted by Crippen LogP contribution is -1.60. The summed E-state index contributed by atoms with van der Waals surface area (Å²) in [6, 6.07) is 0. The van der Waals surface area contributed by atoms with E-state index < -0.39 is 0 Å². The summed E-state index contributed by atoms with van der Waals surface area (Å²) in [5.41, 5.74) is 0. The van der Waals surface area contributed by atoms with E-state index in [0.29, 0.717) is 0 Å². The van der Waals surface area contributed by atoms with Crippen LogP contribution < -0.4 is 0 Å². The van der Waals surface area contributed by atoms with Gasteiger partial charge in [-0.1, -0.05) is 19.4 Å². The number of hydrogen-bond donors (Lipinski definition) is 0. The first-order valence-electron chi connectivity index (χ1n) is 2.84. The molecule has 0 fully saturated rings. The van der Waals surface area contributed by atoms with Crippen molar-refractivity contribution in [2.24, 2.45) is 0 Å². The van der Waals surface area contributed by atoms with Gasteiger partial charge in [-0.25, -0.2) is 0 Å². The monoisotopic (exact) mass is 132 g/mol. The van der Waals surface area contributed by atoms with Crippen molar-refractivity contribution in [3.63, 3.8) is 0 Å². The maximum Gasteiger partial charge on any atom is 0.145 e. The van der Waals surface area contributed by atoms with Gasteiger partial charge >= 0.3 is 0 Å². The van der Waals surface area contributed by atoms with E-state index in [1.165, 1.54) is 6.42 Å². The summed E-state index contributed by atoms with van der Waals surface area (Å²) in [7, 11) is 2.56. The molecule has 0 aliphatic heterocycles. The first kappa shape index (κ1) is 10.8. The van der Waals surface area contributed by atoms with Crippen LogP contribution in [0.3, 0.4) is 0 Å². The van der Waals surface area contributed by atoms with Gasteiger partial charge in [0.2, 0.25) is 0 Å². The predicted octanol–water partition coefficient (Wildman–Crippen LogP) is 0.886. The Morgan fingerprint density at radius 2 is 2.12 bits per heavy atom. The molecule has 0 radical (unpaired) electrons. The third kappa shape index (κ3) is 38.9. The average molecular weight is 132 g/mol. The first-order valence-corrected chi connectivity index (χ1v) is 3.66. The molecule has 0 spiro atoms. The Morgan fingerprint density at radius 1 is 1.75 bits per heavy atom. The molecule has 8 heavy (non-hydrogen) atoms. The van der Waals surface area contributed by atoms with Gasteiger partial charge in [0.1, 0.15) is 10.5 Å².